The molecule has 1 N–H and O–H groups in total. The molecule has 0 aliphatic heterocycles. The zero-order valence-corrected chi connectivity index (χ0v) is 21.8. The Hall–Kier alpha value is -3.56. The van der Waals surface area contributed by atoms with E-state index in [0.717, 1.165) is 49.8 Å². The van der Waals surface area contributed by atoms with Gasteiger partial charge in [0.05, 0.1) is 6.04 Å². The van der Waals surface area contributed by atoms with Crippen molar-refractivity contribution >= 4 is 17.4 Å². The number of carbonyl (C=O) groups excluding carboxylic acids is 1. The summed E-state index contributed by atoms with van der Waals surface area (Å²) in [7, 11) is 0. The smallest absolute Gasteiger partial charge is 0.157 e. The largest absolute Gasteiger partial charge is 0.457 e. The molecule has 0 radical (unpaired) electrons. The van der Waals surface area contributed by atoms with Crippen LogP contribution in [0.3, 0.4) is 0 Å². The van der Waals surface area contributed by atoms with E-state index in [1.807, 2.05) is 36.4 Å². The van der Waals surface area contributed by atoms with Gasteiger partial charge in [0.1, 0.15) is 48.5 Å². The first-order valence-corrected chi connectivity index (χ1v) is 13.4. The number of benzene rings is 2. The highest BCUT2D eigenvalue weighted by Crippen LogP contribution is 2.44. The van der Waals surface area contributed by atoms with Crippen LogP contribution in [0.4, 0.5) is 0 Å². The van der Waals surface area contributed by atoms with E-state index >= 15 is 0 Å². The number of nitrogens with zero attached hydrogens (tertiary/aromatic N) is 6. The van der Waals surface area contributed by atoms with Gasteiger partial charge in [-0.3, -0.25) is 4.79 Å². The Bertz CT molecular complexity index is 1300. The normalized spacial score (nSPS) is 23.4. The molecular formula is C28H31ClN6O3. The lowest BCUT2D eigenvalue weighted by molar-refractivity contribution is -0.124. The minimum absolute atomic E-state index is 0.0405. The van der Waals surface area contributed by atoms with Crippen LogP contribution in [0.25, 0.3) is 0 Å². The van der Waals surface area contributed by atoms with Crippen LogP contribution in [-0.2, 0) is 10.4 Å². The van der Waals surface area contributed by atoms with Gasteiger partial charge < -0.3 is 9.84 Å². The van der Waals surface area contributed by atoms with E-state index in [9.17, 15) is 9.90 Å². The Morgan fingerprint density at radius 1 is 0.842 bits per heavy atom. The molecule has 6 rings (SSSR count). The molecule has 198 valence electrons. The zero-order valence-electron chi connectivity index (χ0n) is 21.1. The minimum Gasteiger partial charge on any atom is -0.457 e. The second-order valence-corrected chi connectivity index (χ2v) is 10.2. The highest BCUT2D eigenvalue weighted by molar-refractivity contribution is 6.30. The molecule has 2 aromatic carbocycles. The van der Waals surface area contributed by atoms with Gasteiger partial charge >= 0.3 is 0 Å². The first-order valence-electron chi connectivity index (χ1n) is 13.0. The molecule has 10 heteroatoms. The molecular weight excluding hydrogens is 504 g/mol. The molecule has 2 aromatic heterocycles. The average Bonchev–Trinajstić information content (AvgIpc) is 3.67. The molecule has 2 heterocycles. The van der Waals surface area contributed by atoms with Crippen molar-refractivity contribution in [1.29, 1.82) is 0 Å². The highest BCUT2D eigenvalue weighted by atomic mass is 35.5. The Balaban J connectivity index is 0.000000204. The van der Waals surface area contributed by atoms with Gasteiger partial charge in [-0.15, -0.1) is 0 Å². The lowest BCUT2D eigenvalue weighted by Crippen LogP contribution is -2.39. The zero-order chi connectivity index (χ0) is 26.4. The topological polar surface area (TPSA) is 108 Å². The van der Waals surface area contributed by atoms with Crippen molar-refractivity contribution in [2.24, 2.45) is 0 Å². The van der Waals surface area contributed by atoms with Gasteiger partial charge in [-0.05, 0) is 67.6 Å². The van der Waals surface area contributed by atoms with E-state index in [4.69, 9.17) is 16.3 Å². The van der Waals surface area contributed by atoms with Gasteiger partial charge in [-0.2, -0.15) is 10.2 Å². The molecule has 0 spiro atoms. The predicted molar refractivity (Wildman–Crippen MR) is 142 cm³/mol. The van der Waals surface area contributed by atoms with Crippen LogP contribution in [0.1, 0.15) is 69.0 Å². The number of rotatable bonds is 5. The van der Waals surface area contributed by atoms with Gasteiger partial charge in [-0.1, -0.05) is 43.0 Å². The molecule has 2 aliphatic carbocycles. The van der Waals surface area contributed by atoms with Crippen molar-refractivity contribution in [3.8, 4) is 11.5 Å². The summed E-state index contributed by atoms with van der Waals surface area (Å²) < 4.78 is 9.28. The van der Waals surface area contributed by atoms with Gasteiger partial charge in [-0.25, -0.2) is 19.3 Å². The molecule has 0 amide bonds. The van der Waals surface area contributed by atoms with Crippen LogP contribution in [-0.4, -0.2) is 40.4 Å². The highest BCUT2D eigenvalue weighted by Gasteiger charge is 2.42. The predicted octanol–water partition coefficient (Wildman–Crippen LogP) is 5.69. The van der Waals surface area contributed by atoms with Crippen molar-refractivity contribution < 1.29 is 14.6 Å². The van der Waals surface area contributed by atoms with Gasteiger partial charge in [0.2, 0.25) is 0 Å². The van der Waals surface area contributed by atoms with Crippen LogP contribution < -0.4 is 4.74 Å². The monoisotopic (exact) mass is 534 g/mol. The second-order valence-electron chi connectivity index (χ2n) is 9.75. The van der Waals surface area contributed by atoms with Gasteiger partial charge in [0.15, 0.2) is 5.78 Å². The van der Waals surface area contributed by atoms with Crippen molar-refractivity contribution in [1.82, 2.24) is 29.5 Å². The van der Waals surface area contributed by atoms with E-state index < -0.39 is 5.60 Å². The summed E-state index contributed by atoms with van der Waals surface area (Å²) in [4.78, 5) is 19.3. The van der Waals surface area contributed by atoms with Crippen molar-refractivity contribution in [2.45, 2.75) is 69.1 Å². The van der Waals surface area contributed by atoms with E-state index in [1.165, 1.54) is 12.7 Å². The summed E-state index contributed by atoms with van der Waals surface area (Å²) in [6.07, 6.45) is 13.7. The number of hydrogen-bond acceptors (Lipinski definition) is 7. The molecule has 0 bridgehead atoms. The number of halogens is 1. The molecule has 38 heavy (non-hydrogen) atoms. The minimum atomic E-state index is -0.954. The summed E-state index contributed by atoms with van der Waals surface area (Å²) in [5.74, 6) is 1.73. The molecule has 2 fully saturated rings. The molecule has 0 saturated heterocycles. The van der Waals surface area contributed by atoms with E-state index in [1.54, 1.807) is 34.2 Å². The number of ketones is 1. The SMILES string of the molecule is O=C1CCCCC1n1cncn1.OC1(c2ccc(Oc3ccc(Cl)cc3)cc2)CCCCC1n1cncn1. The van der Waals surface area contributed by atoms with Crippen LogP contribution in [0, 0.1) is 0 Å². The fourth-order valence-electron chi connectivity index (χ4n) is 5.28. The number of aliphatic hydroxyl groups is 1. The number of ether oxygens (including phenoxy) is 1. The number of hydrogen-bond donors (Lipinski definition) is 1. The Kier molecular flexibility index (Phi) is 8.14. The maximum atomic E-state index is 11.4. The first kappa shape index (κ1) is 26.1. The number of aromatic nitrogens is 6. The molecule has 3 atom stereocenters. The third-order valence-corrected chi connectivity index (χ3v) is 7.53. The molecule has 2 saturated carbocycles. The quantitative estimate of drug-likeness (QED) is 0.350. The average molecular weight is 535 g/mol. The van der Waals surface area contributed by atoms with Crippen LogP contribution in [0.5, 0.6) is 11.5 Å². The Morgan fingerprint density at radius 3 is 2.11 bits per heavy atom. The van der Waals surface area contributed by atoms with Crippen LogP contribution in [0.15, 0.2) is 73.8 Å². The third kappa shape index (κ3) is 5.95. The third-order valence-electron chi connectivity index (χ3n) is 7.27. The molecule has 4 aromatic rings. The summed E-state index contributed by atoms with van der Waals surface area (Å²) in [6.45, 7) is 0. The molecule has 3 unspecified atom stereocenters. The maximum Gasteiger partial charge on any atom is 0.157 e. The first-order chi connectivity index (χ1) is 18.5. The van der Waals surface area contributed by atoms with E-state index in [-0.39, 0.29) is 12.1 Å². The summed E-state index contributed by atoms with van der Waals surface area (Å²) in [6, 6.07) is 14.7. The number of Topliss-reactive ketones (excluding diaryl/α,β-unsaturated/α-hetero) is 1. The lowest BCUT2D eigenvalue weighted by Gasteiger charge is -2.40. The van der Waals surface area contributed by atoms with Gasteiger partial charge in [0, 0.05) is 11.4 Å². The van der Waals surface area contributed by atoms with E-state index in [2.05, 4.69) is 20.2 Å². The maximum absolute atomic E-state index is 11.4. The lowest BCUT2D eigenvalue weighted by atomic mass is 9.76. The molecule has 9 nitrogen and oxygen atoms in total. The van der Waals surface area contributed by atoms with Crippen molar-refractivity contribution in [3.05, 3.63) is 84.4 Å². The van der Waals surface area contributed by atoms with Crippen molar-refractivity contribution in [3.63, 3.8) is 0 Å². The molecule has 2 aliphatic rings. The Labute approximate surface area is 226 Å². The fraction of sp³-hybridized carbons (Fsp3) is 0.393. The second kappa shape index (κ2) is 11.9. The fourth-order valence-corrected chi connectivity index (χ4v) is 5.40. The Morgan fingerprint density at radius 2 is 1.47 bits per heavy atom. The van der Waals surface area contributed by atoms with Gasteiger partial charge in [0.25, 0.3) is 0 Å². The summed E-state index contributed by atoms with van der Waals surface area (Å²) in [5, 5.41) is 20.3. The van der Waals surface area contributed by atoms with Crippen LogP contribution >= 0.6 is 11.6 Å². The summed E-state index contributed by atoms with van der Waals surface area (Å²) in [5.41, 5.74) is -0.0775. The standard InChI is InChI=1S/C20H20ClN3O2.C8H11N3O/c21-16-6-10-18(11-7-16)26-17-8-4-15(5-9-17)20(25)12-2-1-3-19(20)24-14-22-13-23-24;12-8-4-2-1-3-7(8)11-6-9-5-10-11/h4-11,13-14,19,25H,1-3,12H2;5-7H,1-4H2. The number of carbonyl (C=O) groups is 1. The van der Waals surface area contributed by atoms with E-state index in [0.29, 0.717) is 29.4 Å². The van der Waals surface area contributed by atoms with Crippen molar-refractivity contribution in [2.75, 3.05) is 0 Å². The van der Waals surface area contributed by atoms with Crippen LogP contribution in [0.2, 0.25) is 5.02 Å². The summed E-state index contributed by atoms with van der Waals surface area (Å²) >= 11 is 5.90.